The SMILES string of the molecule is COCCn1ncn(C)c1=O. The molecule has 0 N–H and O–H groups in total. The van der Waals surface area contributed by atoms with Crippen LogP contribution in [0.1, 0.15) is 0 Å². The Hall–Kier alpha value is -1.10. The average molecular weight is 157 g/mol. The molecule has 0 fully saturated rings. The third-order valence-electron chi connectivity index (χ3n) is 1.39. The van der Waals surface area contributed by atoms with Crippen molar-refractivity contribution in [3.8, 4) is 0 Å². The molecule has 0 aliphatic heterocycles. The number of methoxy groups -OCH3 is 1. The van der Waals surface area contributed by atoms with Crippen molar-refractivity contribution >= 4 is 0 Å². The zero-order valence-corrected chi connectivity index (χ0v) is 6.65. The van der Waals surface area contributed by atoms with Crippen LogP contribution in [0.3, 0.4) is 0 Å². The summed E-state index contributed by atoms with van der Waals surface area (Å²) in [5, 5.41) is 3.84. The van der Waals surface area contributed by atoms with Crippen LogP contribution in [0.15, 0.2) is 11.1 Å². The summed E-state index contributed by atoms with van der Waals surface area (Å²) in [6.07, 6.45) is 1.48. The molecule has 0 atom stereocenters. The van der Waals surface area contributed by atoms with Crippen LogP contribution in [-0.2, 0) is 18.3 Å². The van der Waals surface area contributed by atoms with Gasteiger partial charge in [-0.05, 0) is 0 Å². The fourth-order valence-corrected chi connectivity index (χ4v) is 0.752. The highest BCUT2D eigenvalue weighted by Gasteiger charge is 1.98. The van der Waals surface area contributed by atoms with E-state index in [4.69, 9.17) is 4.74 Å². The van der Waals surface area contributed by atoms with Crippen LogP contribution in [-0.4, -0.2) is 28.1 Å². The second-order valence-corrected chi connectivity index (χ2v) is 2.24. The predicted octanol–water partition coefficient (Wildman–Crippen LogP) is -0.772. The van der Waals surface area contributed by atoms with E-state index in [0.29, 0.717) is 13.2 Å². The van der Waals surface area contributed by atoms with Gasteiger partial charge in [0.2, 0.25) is 0 Å². The molecule has 0 saturated carbocycles. The van der Waals surface area contributed by atoms with E-state index >= 15 is 0 Å². The molecule has 1 aromatic rings. The molecule has 1 aromatic heterocycles. The van der Waals surface area contributed by atoms with Crippen LogP contribution < -0.4 is 5.69 Å². The van der Waals surface area contributed by atoms with Gasteiger partial charge in [0.25, 0.3) is 0 Å². The van der Waals surface area contributed by atoms with Crippen LogP contribution in [0.4, 0.5) is 0 Å². The van der Waals surface area contributed by atoms with Crippen LogP contribution in [0.5, 0.6) is 0 Å². The fourth-order valence-electron chi connectivity index (χ4n) is 0.752. The molecule has 0 spiro atoms. The van der Waals surface area contributed by atoms with Gasteiger partial charge in [-0.1, -0.05) is 0 Å². The Kier molecular flexibility index (Phi) is 2.43. The van der Waals surface area contributed by atoms with E-state index in [1.54, 1.807) is 14.2 Å². The summed E-state index contributed by atoms with van der Waals surface area (Å²) in [6.45, 7) is 1.02. The van der Waals surface area contributed by atoms with Crippen LogP contribution in [0.25, 0.3) is 0 Å². The van der Waals surface area contributed by atoms with Crippen molar-refractivity contribution in [2.75, 3.05) is 13.7 Å². The first kappa shape index (κ1) is 8.00. The van der Waals surface area contributed by atoms with Crippen LogP contribution >= 0.6 is 0 Å². The lowest BCUT2D eigenvalue weighted by molar-refractivity contribution is 0.182. The predicted molar refractivity (Wildman–Crippen MR) is 39.3 cm³/mol. The third kappa shape index (κ3) is 1.68. The molecule has 62 valence electrons. The first-order valence-electron chi connectivity index (χ1n) is 3.33. The number of ether oxygens (including phenoxy) is 1. The molecule has 0 unspecified atom stereocenters. The Labute approximate surface area is 64.2 Å². The highest BCUT2D eigenvalue weighted by Crippen LogP contribution is 1.76. The van der Waals surface area contributed by atoms with Gasteiger partial charge in [0.15, 0.2) is 0 Å². The Balaban J connectivity index is 2.71. The second-order valence-electron chi connectivity index (χ2n) is 2.24. The topological polar surface area (TPSA) is 49.0 Å². The van der Waals surface area contributed by atoms with E-state index in [1.807, 2.05) is 0 Å². The number of hydrogen-bond donors (Lipinski definition) is 0. The number of rotatable bonds is 3. The van der Waals surface area contributed by atoms with Crippen molar-refractivity contribution in [3.05, 3.63) is 16.8 Å². The van der Waals surface area contributed by atoms with Gasteiger partial charge in [-0.25, -0.2) is 9.48 Å². The summed E-state index contributed by atoms with van der Waals surface area (Å²) in [5.41, 5.74) is -0.109. The maximum Gasteiger partial charge on any atom is 0.345 e. The van der Waals surface area contributed by atoms with Gasteiger partial charge in [-0.15, -0.1) is 0 Å². The van der Waals surface area contributed by atoms with Crippen molar-refractivity contribution in [2.45, 2.75) is 6.54 Å². The third-order valence-corrected chi connectivity index (χ3v) is 1.39. The van der Waals surface area contributed by atoms with Crippen LogP contribution in [0.2, 0.25) is 0 Å². The molecule has 0 aromatic carbocycles. The van der Waals surface area contributed by atoms with Gasteiger partial charge < -0.3 is 4.74 Å². The summed E-state index contributed by atoms with van der Waals surface area (Å²) < 4.78 is 7.59. The molecular formula is C6H11N3O2. The van der Waals surface area contributed by atoms with Crippen LogP contribution in [0, 0.1) is 0 Å². The van der Waals surface area contributed by atoms with Crippen molar-refractivity contribution in [1.82, 2.24) is 14.3 Å². The Morgan fingerprint density at radius 3 is 2.91 bits per heavy atom. The number of aromatic nitrogens is 3. The van der Waals surface area contributed by atoms with Gasteiger partial charge >= 0.3 is 5.69 Å². The van der Waals surface area contributed by atoms with E-state index in [0.717, 1.165) is 0 Å². The molecule has 0 bridgehead atoms. The standard InChI is InChI=1S/C6H11N3O2/c1-8-5-7-9(6(8)10)3-4-11-2/h5H,3-4H2,1-2H3. The molecule has 0 aliphatic rings. The molecule has 1 rings (SSSR count). The lowest BCUT2D eigenvalue weighted by atomic mass is 10.7. The normalized spacial score (nSPS) is 10.4. The smallest absolute Gasteiger partial charge is 0.345 e. The summed E-state index contributed by atoms with van der Waals surface area (Å²) in [5.74, 6) is 0. The van der Waals surface area contributed by atoms with Gasteiger partial charge in [-0.3, -0.25) is 4.57 Å². The molecule has 5 heteroatoms. The van der Waals surface area contributed by atoms with Crippen molar-refractivity contribution in [3.63, 3.8) is 0 Å². The molecule has 5 nitrogen and oxygen atoms in total. The van der Waals surface area contributed by atoms with Crippen molar-refractivity contribution < 1.29 is 4.74 Å². The van der Waals surface area contributed by atoms with Crippen molar-refractivity contribution in [1.29, 1.82) is 0 Å². The quantitative estimate of drug-likeness (QED) is 0.578. The summed E-state index contributed by atoms with van der Waals surface area (Å²) in [4.78, 5) is 11.1. The summed E-state index contributed by atoms with van der Waals surface area (Å²) >= 11 is 0. The monoisotopic (exact) mass is 157 g/mol. The van der Waals surface area contributed by atoms with Gasteiger partial charge in [0.05, 0.1) is 13.2 Å². The van der Waals surface area contributed by atoms with Gasteiger partial charge in [0, 0.05) is 14.2 Å². The fraction of sp³-hybridized carbons (Fsp3) is 0.667. The largest absolute Gasteiger partial charge is 0.383 e. The zero-order valence-electron chi connectivity index (χ0n) is 6.65. The minimum absolute atomic E-state index is 0.109. The first-order valence-corrected chi connectivity index (χ1v) is 3.33. The maximum atomic E-state index is 11.1. The second kappa shape index (κ2) is 3.34. The molecule has 11 heavy (non-hydrogen) atoms. The molecule has 0 radical (unpaired) electrons. The Bertz CT molecular complexity index is 276. The zero-order chi connectivity index (χ0) is 8.27. The Morgan fingerprint density at radius 1 is 1.73 bits per heavy atom. The molecular weight excluding hydrogens is 146 g/mol. The van der Waals surface area contributed by atoms with Gasteiger partial charge in [-0.2, -0.15) is 5.10 Å². The Morgan fingerprint density at radius 2 is 2.45 bits per heavy atom. The van der Waals surface area contributed by atoms with E-state index in [2.05, 4.69) is 5.10 Å². The minimum atomic E-state index is -0.109. The molecule has 0 amide bonds. The van der Waals surface area contributed by atoms with E-state index in [9.17, 15) is 4.79 Å². The highest BCUT2D eigenvalue weighted by molar-refractivity contribution is 4.64. The average Bonchev–Trinajstić information content (AvgIpc) is 2.31. The van der Waals surface area contributed by atoms with E-state index < -0.39 is 0 Å². The minimum Gasteiger partial charge on any atom is -0.383 e. The van der Waals surface area contributed by atoms with Gasteiger partial charge in [0.1, 0.15) is 6.33 Å². The lowest BCUT2D eigenvalue weighted by Gasteiger charge is -1.95. The number of hydrogen-bond acceptors (Lipinski definition) is 3. The number of aryl methyl sites for hydroxylation is 1. The summed E-state index contributed by atoms with van der Waals surface area (Å²) in [7, 11) is 3.26. The summed E-state index contributed by atoms with van der Waals surface area (Å²) in [6, 6.07) is 0. The lowest BCUT2D eigenvalue weighted by Crippen LogP contribution is -2.24. The first-order chi connectivity index (χ1) is 5.25. The van der Waals surface area contributed by atoms with E-state index in [-0.39, 0.29) is 5.69 Å². The molecule has 1 heterocycles. The highest BCUT2D eigenvalue weighted by atomic mass is 16.5. The van der Waals surface area contributed by atoms with Crippen molar-refractivity contribution in [2.24, 2.45) is 7.05 Å². The molecule has 0 aliphatic carbocycles. The number of nitrogens with zero attached hydrogens (tertiary/aromatic N) is 3. The van der Waals surface area contributed by atoms with E-state index in [1.165, 1.54) is 15.6 Å². The maximum absolute atomic E-state index is 11.1. The molecule has 0 saturated heterocycles.